The number of amides is 2. The number of rotatable bonds is 5. The Hall–Kier alpha value is -3.74. The highest BCUT2D eigenvalue weighted by molar-refractivity contribution is 6.03. The lowest BCUT2D eigenvalue weighted by Crippen LogP contribution is -2.26. The fourth-order valence-electron chi connectivity index (χ4n) is 2.65. The van der Waals surface area contributed by atoms with Gasteiger partial charge in [0, 0.05) is 29.6 Å². The molecule has 0 unspecified atom stereocenters. The van der Waals surface area contributed by atoms with Crippen molar-refractivity contribution in [3.05, 3.63) is 82.3 Å². The molecule has 7 nitrogen and oxygen atoms in total. The van der Waals surface area contributed by atoms with E-state index in [1.165, 1.54) is 6.07 Å². The number of hydrogen-bond acceptors (Lipinski definition) is 4. The van der Waals surface area contributed by atoms with Crippen molar-refractivity contribution < 1.29 is 9.59 Å². The first kappa shape index (κ1) is 19.0. The van der Waals surface area contributed by atoms with E-state index in [1.807, 2.05) is 30.3 Å². The van der Waals surface area contributed by atoms with Crippen LogP contribution in [-0.4, -0.2) is 21.6 Å². The van der Waals surface area contributed by atoms with Crippen LogP contribution in [0.4, 0.5) is 11.4 Å². The summed E-state index contributed by atoms with van der Waals surface area (Å²) in [7, 11) is 0. The molecule has 0 fully saturated rings. The van der Waals surface area contributed by atoms with Crippen LogP contribution in [0, 0.1) is 6.92 Å². The van der Waals surface area contributed by atoms with E-state index in [4.69, 9.17) is 0 Å². The van der Waals surface area contributed by atoms with Gasteiger partial charge in [-0.2, -0.15) is 5.10 Å². The summed E-state index contributed by atoms with van der Waals surface area (Å²) in [5.74, 6) is -0.747. The summed E-state index contributed by atoms with van der Waals surface area (Å²) in [5, 5.41) is 9.63. The van der Waals surface area contributed by atoms with E-state index in [0.29, 0.717) is 23.5 Å². The molecule has 0 aliphatic carbocycles. The third kappa shape index (κ3) is 4.32. The lowest BCUT2D eigenvalue weighted by molar-refractivity contribution is -0.115. The molecule has 0 aliphatic heterocycles. The summed E-state index contributed by atoms with van der Waals surface area (Å²) >= 11 is 0. The Bertz CT molecular complexity index is 1070. The maximum atomic E-state index is 12.6. The number of hydrogen-bond donors (Lipinski definition) is 2. The number of para-hydroxylation sites is 1. The Kier molecular flexibility index (Phi) is 5.64. The number of aromatic nitrogens is 2. The van der Waals surface area contributed by atoms with Gasteiger partial charge in [-0.1, -0.05) is 31.2 Å². The van der Waals surface area contributed by atoms with Crippen LogP contribution >= 0.6 is 0 Å². The van der Waals surface area contributed by atoms with Crippen LogP contribution in [0.1, 0.15) is 29.5 Å². The van der Waals surface area contributed by atoms with Crippen LogP contribution in [-0.2, 0) is 4.79 Å². The van der Waals surface area contributed by atoms with Gasteiger partial charge in [-0.3, -0.25) is 14.4 Å². The molecule has 1 aromatic heterocycles. The van der Waals surface area contributed by atoms with E-state index in [1.54, 1.807) is 42.8 Å². The Balaban J connectivity index is 1.88. The molecule has 2 aromatic carbocycles. The Morgan fingerprint density at radius 1 is 0.964 bits per heavy atom. The second-order valence-corrected chi connectivity index (χ2v) is 6.18. The van der Waals surface area contributed by atoms with Gasteiger partial charge in [0.15, 0.2) is 5.69 Å². The fourth-order valence-corrected chi connectivity index (χ4v) is 2.65. The summed E-state index contributed by atoms with van der Waals surface area (Å²) < 4.78 is 1.55. The predicted octanol–water partition coefficient (Wildman–Crippen LogP) is 3.14. The molecule has 28 heavy (non-hydrogen) atoms. The maximum absolute atomic E-state index is 12.6. The van der Waals surface area contributed by atoms with Gasteiger partial charge in [0.25, 0.3) is 5.91 Å². The average molecular weight is 376 g/mol. The molecule has 0 saturated carbocycles. The predicted molar refractivity (Wildman–Crippen MR) is 108 cm³/mol. The average Bonchev–Trinajstić information content (AvgIpc) is 2.68. The van der Waals surface area contributed by atoms with E-state index in [9.17, 15) is 14.4 Å². The van der Waals surface area contributed by atoms with Crippen LogP contribution < -0.4 is 16.1 Å². The molecule has 0 radical (unpaired) electrons. The fraction of sp³-hybridized carbons (Fsp3) is 0.143. The summed E-state index contributed by atoms with van der Waals surface area (Å²) in [5.41, 5.74) is 1.71. The van der Waals surface area contributed by atoms with Gasteiger partial charge in [-0.25, -0.2) is 4.68 Å². The Labute approximate surface area is 162 Å². The molecule has 0 saturated heterocycles. The van der Waals surface area contributed by atoms with Crippen molar-refractivity contribution in [2.75, 3.05) is 10.6 Å². The van der Waals surface area contributed by atoms with Crippen molar-refractivity contribution in [3.8, 4) is 5.69 Å². The molecule has 0 atom stereocenters. The number of nitrogens with zero attached hydrogens (tertiary/aromatic N) is 2. The summed E-state index contributed by atoms with van der Waals surface area (Å²) in [4.78, 5) is 36.5. The highest BCUT2D eigenvalue weighted by atomic mass is 16.2. The van der Waals surface area contributed by atoms with E-state index in [2.05, 4.69) is 15.7 Å². The number of carbonyl (C=O) groups is 2. The van der Waals surface area contributed by atoms with Gasteiger partial charge in [-0.15, -0.1) is 0 Å². The van der Waals surface area contributed by atoms with Gasteiger partial charge < -0.3 is 10.6 Å². The smallest absolute Gasteiger partial charge is 0.280 e. The van der Waals surface area contributed by atoms with Crippen LogP contribution in [0.25, 0.3) is 5.69 Å². The highest BCUT2D eigenvalue weighted by Crippen LogP contribution is 2.16. The zero-order valence-corrected chi connectivity index (χ0v) is 15.6. The quantitative estimate of drug-likeness (QED) is 0.715. The molecule has 3 rings (SSSR count). The van der Waals surface area contributed by atoms with Gasteiger partial charge in [0.1, 0.15) is 0 Å². The molecule has 2 amide bonds. The highest BCUT2D eigenvalue weighted by Gasteiger charge is 2.16. The zero-order chi connectivity index (χ0) is 20.1. The number of aryl methyl sites for hydroxylation is 1. The lowest BCUT2D eigenvalue weighted by Gasteiger charge is -2.12. The van der Waals surface area contributed by atoms with Gasteiger partial charge >= 0.3 is 0 Å². The lowest BCUT2D eigenvalue weighted by atomic mass is 10.2. The second-order valence-electron chi connectivity index (χ2n) is 6.18. The number of carbonyl (C=O) groups excluding carboxylic acids is 2. The van der Waals surface area contributed by atoms with Crippen LogP contribution in [0.3, 0.4) is 0 Å². The minimum Gasteiger partial charge on any atom is -0.326 e. The number of nitrogens with one attached hydrogen (secondary N) is 2. The number of benzene rings is 2. The van der Waals surface area contributed by atoms with E-state index < -0.39 is 11.3 Å². The monoisotopic (exact) mass is 376 g/mol. The molecule has 2 N–H and O–H groups in total. The molecule has 142 valence electrons. The van der Waals surface area contributed by atoms with Crippen molar-refractivity contribution in [1.82, 2.24) is 9.78 Å². The number of anilines is 2. The minimum absolute atomic E-state index is 0.130. The van der Waals surface area contributed by atoms with Gasteiger partial charge in [0.2, 0.25) is 11.3 Å². The molecule has 3 aromatic rings. The molecular formula is C21H20N4O3. The maximum Gasteiger partial charge on any atom is 0.280 e. The normalized spacial score (nSPS) is 10.4. The topological polar surface area (TPSA) is 93.1 Å². The van der Waals surface area contributed by atoms with Crippen molar-refractivity contribution in [2.45, 2.75) is 20.3 Å². The Morgan fingerprint density at radius 2 is 1.64 bits per heavy atom. The van der Waals surface area contributed by atoms with Crippen LogP contribution in [0.15, 0.2) is 65.5 Å². The standard InChI is InChI=1S/C21H20N4O3/c1-3-19(27)22-15-8-7-9-16(13-15)23-21(28)20-18(26)12-14(2)25(24-20)17-10-5-4-6-11-17/h4-13H,3H2,1-2H3,(H,22,27)(H,23,28). The first-order valence-corrected chi connectivity index (χ1v) is 8.85. The van der Waals surface area contributed by atoms with E-state index in [0.717, 1.165) is 5.69 Å². The third-order valence-corrected chi connectivity index (χ3v) is 4.05. The second kappa shape index (κ2) is 8.30. The molecule has 0 aliphatic rings. The molecular weight excluding hydrogens is 356 g/mol. The largest absolute Gasteiger partial charge is 0.326 e. The van der Waals surface area contributed by atoms with Gasteiger partial charge in [-0.05, 0) is 37.3 Å². The summed E-state index contributed by atoms with van der Waals surface area (Å²) in [6, 6.07) is 17.3. The zero-order valence-electron chi connectivity index (χ0n) is 15.6. The Morgan fingerprint density at radius 3 is 2.32 bits per heavy atom. The minimum atomic E-state index is -0.617. The molecule has 0 spiro atoms. The van der Waals surface area contributed by atoms with E-state index >= 15 is 0 Å². The van der Waals surface area contributed by atoms with Gasteiger partial charge in [0.05, 0.1) is 5.69 Å². The molecule has 0 bridgehead atoms. The summed E-state index contributed by atoms with van der Waals surface area (Å²) in [6.45, 7) is 3.50. The van der Waals surface area contributed by atoms with Crippen molar-refractivity contribution in [1.29, 1.82) is 0 Å². The third-order valence-electron chi connectivity index (χ3n) is 4.05. The van der Waals surface area contributed by atoms with Crippen molar-refractivity contribution in [2.24, 2.45) is 0 Å². The molecule has 7 heteroatoms. The summed E-state index contributed by atoms with van der Waals surface area (Å²) in [6.07, 6.45) is 0.350. The van der Waals surface area contributed by atoms with Crippen LogP contribution in [0.2, 0.25) is 0 Å². The van der Waals surface area contributed by atoms with Crippen LogP contribution in [0.5, 0.6) is 0 Å². The SMILES string of the molecule is CCC(=O)Nc1cccc(NC(=O)c2nn(-c3ccccc3)c(C)cc2=O)c1. The first-order chi connectivity index (χ1) is 13.5. The van der Waals surface area contributed by atoms with Crippen molar-refractivity contribution >= 4 is 23.2 Å². The van der Waals surface area contributed by atoms with E-state index in [-0.39, 0.29) is 11.6 Å². The molecule has 1 heterocycles. The first-order valence-electron chi connectivity index (χ1n) is 8.85. The van der Waals surface area contributed by atoms with Crippen molar-refractivity contribution in [3.63, 3.8) is 0 Å².